The van der Waals surface area contributed by atoms with Crippen LogP contribution >= 0.6 is 11.6 Å². The molecule has 0 aromatic heterocycles. The van der Waals surface area contributed by atoms with Gasteiger partial charge in [-0.2, -0.15) is 0 Å². The molecule has 1 aliphatic rings. The molecule has 0 radical (unpaired) electrons. The van der Waals surface area contributed by atoms with Crippen LogP contribution in [0, 0.1) is 5.82 Å². The number of hydrogen-bond donors (Lipinski definition) is 1. The Morgan fingerprint density at radius 3 is 2.83 bits per heavy atom. The maximum Gasteiger partial charge on any atom is 0.134 e. The predicted octanol–water partition coefficient (Wildman–Crippen LogP) is 3.85. The number of amidine groups is 1. The fourth-order valence-electron chi connectivity index (χ4n) is 1.95. The van der Waals surface area contributed by atoms with Crippen LogP contribution in [0.15, 0.2) is 47.5 Å². The molecule has 4 heteroatoms. The molecule has 3 rings (SSSR count). The number of halogens is 2. The van der Waals surface area contributed by atoms with E-state index in [4.69, 9.17) is 11.6 Å². The van der Waals surface area contributed by atoms with Gasteiger partial charge in [-0.05, 0) is 35.9 Å². The second kappa shape index (κ2) is 4.42. The number of rotatable bonds is 1. The summed E-state index contributed by atoms with van der Waals surface area (Å²) in [5.41, 5.74) is 2.58. The highest BCUT2D eigenvalue weighted by Gasteiger charge is 2.15. The lowest BCUT2D eigenvalue weighted by Crippen LogP contribution is -2.19. The molecule has 1 N–H and O–H groups in total. The van der Waals surface area contributed by atoms with Gasteiger partial charge in [0.05, 0.1) is 11.6 Å². The van der Waals surface area contributed by atoms with Crippen molar-refractivity contribution in [2.45, 2.75) is 6.54 Å². The summed E-state index contributed by atoms with van der Waals surface area (Å²) >= 11 is 6.13. The van der Waals surface area contributed by atoms with Gasteiger partial charge in [0.2, 0.25) is 0 Å². The lowest BCUT2D eigenvalue weighted by molar-refractivity contribution is 0.625. The van der Waals surface area contributed by atoms with Crippen molar-refractivity contribution in [3.05, 3.63) is 64.4 Å². The molecule has 2 nitrogen and oxygen atoms in total. The zero-order valence-corrected chi connectivity index (χ0v) is 10.2. The Morgan fingerprint density at radius 1 is 1.17 bits per heavy atom. The molecule has 0 spiro atoms. The second-order valence-corrected chi connectivity index (χ2v) is 4.48. The summed E-state index contributed by atoms with van der Waals surface area (Å²) in [6.45, 7) is 0.459. The topological polar surface area (TPSA) is 24.4 Å². The number of anilines is 1. The second-order valence-electron chi connectivity index (χ2n) is 4.07. The van der Waals surface area contributed by atoms with E-state index in [0.717, 1.165) is 22.6 Å². The van der Waals surface area contributed by atoms with E-state index in [1.807, 2.05) is 24.3 Å². The molecule has 2 aromatic carbocycles. The Balaban J connectivity index is 1.98. The zero-order valence-electron chi connectivity index (χ0n) is 9.45. The van der Waals surface area contributed by atoms with Gasteiger partial charge in [0, 0.05) is 11.3 Å². The standard InChI is InChI=1S/C14H10ClFN2/c15-12-4-2-1-3-11(12)14-17-8-9-7-10(16)5-6-13(9)18-14/h1-7H,8H2,(H,17,18). The zero-order chi connectivity index (χ0) is 12.5. The Labute approximate surface area is 109 Å². The number of hydrogen-bond acceptors (Lipinski definition) is 2. The van der Waals surface area contributed by atoms with Crippen LogP contribution in [0.2, 0.25) is 5.02 Å². The molecule has 0 aliphatic carbocycles. The van der Waals surface area contributed by atoms with Crippen LogP contribution in [0.25, 0.3) is 0 Å². The number of benzene rings is 2. The fourth-order valence-corrected chi connectivity index (χ4v) is 2.18. The highest BCUT2D eigenvalue weighted by Crippen LogP contribution is 2.25. The minimum absolute atomic E-state index is 0.244. The molecule has 0 fully saturated rings. The number of aliphatic imine (C=N–C) groups is 1. The van der Waals surface area contributed by atoms with Crippen LogP contribution in [0.5, 0.6) is 0 Å². The molecule has 0 saturated heterocycles. The van der Waals surface area contributed by atoms with E-state index < -0.39 is 0 Å². The molecule has 2 aromatic rings. The van der Waals surface area contributed by atoms with Crippen molar-refractivity contribution in [1.82, 2.24) is 0 Å². The molecular weight excluding hydrogens is 251 g/mol. The van der Waals surface area contributed by atoms with E-state index in [0.29, 0.717) is 11.6 Å². The Kier molecular flexibility index (Phi) is 2.76. The van der Waals surface area contributed by atoms with Crippen LogP contribution in [-0.4, -0.2) is 5.84 Å². The van der Waals surface area contributed by atoms with Gasteiger partial charge in [0.15, 0.2) is 0 Å². The van der Waals surface area contributed by atoms with Crippen LogP contribution in [0.3, 0.4) is 0 Å². The molecule has 18 heavy (non-hydrogen) atoms. The lowest BCUT2D eigenvalue weighted by Gasteiger charge is -2.19. The summed E-state index contributed by atoms with van der Waals surface area (Å²) in [5.74, 6) is 0.478. The van der Waals surface area contributed by atoms with Crippen molar-refractivity contribution in [3.8, 4) is 0 Å². The highest BCUT2D eigenvalue weighted by molar-refractivity contribution is 6.34. The van der Waals surface area contributed by atoms with Crippen molar-refractivity contribution < 1.29 is 4.39 Å². The van der Waals surface area contributed by atoms with Crippen molar-refractivity contribution in [2.24, 2.45) is 4.99 Å². The van der Waals surface area contributed by atoms with Crippen LogP contribution in [-0.2, 0) is 6.54 Å². The van der Waals surface area contributed by atoms with Crippen LogP contribution < -0.4 is 5.32 Å². The lowest BCUT2D eigenvalue weighted by atomic mass is 10.1. The van der Waals surface area contributed by atoms with Crippen LogP contribution in [0.4, 0.5) is 10.1 Å². The average Bonchev–Trinajstić information content (AvgIpc) is 2.39. The van der Waals surface area contributed by atoms with Crippen molar-refractivity contribution in [2.75, 3.05) is 5.32 Å². The van der Waals surface area contributed by atoms with E-state index in [1.165, 1.54) is 12.1 Å². The Morgan fingerprint density at radius 2 is 2.00 bits per heavy atom. The minimum Gasteiger partial charge on any atom is -0.340 e. The quantitative estimate of drug-likeness (QED) is 0.827. The molecular formula is C14H10ClFN2. The first-order valence-electron chi connectivity index (χ1n) is 5.59. The third-order valence-electron chi connectivity index (χ3n) is 2.86. The molecule has 0 unspecified atom stereocenters. The molecule has 1 heterocycles. The van der Waals surface area contributed by atoms with E-state index in [1.54, 1.807) is 6.07 Å². The summed E-state index contributed by atoms with van der Waals surface area (Å²) in [7, 11) is 0. The summed E-state index contributed by atoms with van der Waals surface area (Å²) in [6.07, 6.45) is 0. The molecule has 90 valence electrons. The monoisotopic (exact) mass is 260 g/mol. The van der Waals surface area contributed by atoms with Crippen LogP contribution in [0.1, 0.15) is 11.1 Å². The Hall–Kier alpha value is -1.87. The average molecular weight is 261 g/mol. The van der Waals surface area contributed by atoms with Gasteiger partial charge >= 0.3 is 0 Å². The van der Waals surface area contributed by atoms with Crippen molar-refractivity contribution >= 4 is 23.1 Å². The maximum absolute atomic E-state index is 13.1. The van der Waals surface area contributed by atoms with E-state index in [-0.39, 0.29) is 5.82 Å². The maximum atomic E-state index is 13.1. The van der Waals surface area contributed by atoms with Gasteiger partial charge < -0.3 is 5.32 Å². The fraction of sp³-hybridized carbons (Fsp3) is 0.0714. The van der Waals surface area contributed by atoms with Gasteiger partial charge in [0.25, 0.3) is 0 Å². The largest absolute Gasteiger partial charge is 0.340 e. The molecule has 0 atom stereocenters. The van der Waals surface area contributed by atoms with Gasteiger partial charge in [-0.1, -0.05) is 23.7 Å². The molecule has 1 aliphatic heterocycles. The van der Waals surface area contributed by atoms with Gasteiger partial charge in [0.1, 0.15) is 11.7 Å². The number of nitrogens with one attached hydrogen (secondary N) is 1. The SMILES string of the molecule is Fc1ccc2c(c1)CN=C(c1ccccc1Cl)N2. The number of fused-ring (bicyclic) bond motifs is 1. The molecule has 0 bridgehead atoms. The highest BCUT2D eigenvalue weighted by atomic mass is 35.5. The normalized spacial score (nSPS) is 13.6. The van der Waals surface area contributed by atoms with Gasteiger partial charge in [-0.25, -0.2) is 4.39 Å². The predicted molar refractivity (Wildman–Crippen MR) is 71.7 cm³/mol. The van der Waals surface area contributed by atoms with E-state index in [9.17, 15) is 4.39 Å². The number of nitrogens with zero attached hydrogens (tertiary/aromatic N) is 1. The molecule has 0 amide bonds. The third-order valence-corrected chi connectivity index (χ3v) is 3.19. The Bertz CT molecular complexity index is 637. The smallest absolute Gasteiger partial charge is 0.134 e. The van der Waals surface area contributed by atoms with Gasteiger partial charge in [-0.15, -0.1) is 0 Å². The summed E-state index contributed by atoms with van der Waals surface area (Å²) in [5, 5.41) is 3.83. The van der Waals surface area contributed by atoms with E-state index >= 15 is 0 Å². The van der Waals surface area contributed by atoms with Crippen molar-refractivity contribution in [3.63, 3.8) is 0 Å². The van der Waals surface area contributed by atoms with E-state index in [2.05, 4.69) is 10.3 Å². The molecule has 0 saturated carbocycles. The van der Waals surface area contributed by atoms with Gasteiger partial charge in [-0.3, -0.25) is 4.99 Å². The summed E-state index contributed by atoms with van der Waals surface area (Å²) in [4.78, 5) is 4.40. The minimum atomic E-state index is -0.244. The first-order chi connectivity index (χ1) is 8.74. The first kappa shape index (κ1) is 11.2. The summed E-state index contributed by atoms with van der Waals surface area (Å²) in [6, 6.07) is 12.2. The third kappa shape index (κ3) is 1.97. The first-order valence-corrected chi connectivity index (χ1v) is 5.96. The summed E-state index contributed by atoms with van der Waals surface area (Å²) < 4.78 is 13.1. The van der Waals surface area contributed by atoms with Crippen molar-refractivity contribution in [1.29, 1.82) is 0 Å².